The van der Waals surface area contributed by atoms with Crippen molar-refractivity contribution in [1.82, 2.24) is 14.9 Å². The molecule has 0 spiro atoms. The minimum atomic E-state index is 0.676. The Morgan fingerprint density at radius 3 is 2.76 bits per heavy atom. The van der Waals surface area contributed by atoms with Crippen LogP contribution >= 0.6 is 27.7 Å². The number of rotatable bonds is 4. The van der Waals surface area contributed by atoms with Gasteiger partial charge in [-0.25, -0.2) is 0 Å². The Morgan fingerprint density at radius 1 is 1.08 bits per heavy atom. The van der Waals surface area contributed by atoms with Gasteiger partial charge in [0.05, 0.1) is 5.69 Å². The van der Waals surface area contributed by atoms with Crippen LogP contribution in [0.1, 0.15) is 18.5 Å². The highest BCUT2D eigenvalue weighted by Gasteiger charge is 2.21. The molecule has 0 amide bonds. The van der Waals surface area contributed by atoms with Crippen LogP contribution in [0.5, 0.6) is 0 Å². The molecule has 0 atom stereocenters. The molecule has 25 heavy (non-hydrogen) atoms. The first kappa shape index (κ1) is 17.0. The van der Waals surface area contributed by atoms with Crippen LogP contribution in [0.3, 0.4) is 0 Å². The van der Waals surface area contributed by atoms with Crippen LogP contribution in [0.4, 0.5) is 0 Å². The summed E-state index contributed by atoms with van der Waals surface area (Å²) in [5.41, 5.74) is 1.17. The summed E-state index contributed by atoms with van der Waals surface area (Å²) in [6, 6.07) is 12.7. The summed E-state index contributed by atoms with van der Waals surface area (Å²) in [6.07, 6.45) is 8.10. The number of hydrogen-bond donors (Lipinski definition) is 0. The highest BCUT2D eigenvalue weighted by Crippen LogP contribution is 2.37. The molecule has 4 rings (SSSR count). The number of piperidine rings is 1. The molecule has 5 heteroatoms. The van der Waals surface area contributed by atoms with Crippen LogP contribution < -0.4 is 0 Å². The molecule has 1 aliphatic heterocycles. The number of pyridine rings is 2. The van der Waals surface area contributed by atoms with Gasteiger partial charge in [-0.05, 0) is 77.6 Å². The molecule has 1 aliphatic rings. The van der Waals surface area contributed by atoms with Crippen molar-refractivity contribution >= 4 is 38.5 Å². The number of fused-ring (bicyclic) bond motifs is 1. The van der Waals surface area contributed by atoms with Gasteiger partial charge in [-0.2, -0.15) is 0 Å². The lowest BCUT2D eigenvalue weighted by Gasteiger charge is -2.31. The highest BCUT2D eigenvalue weighted by molar-refractivity contribution is 9.10. The molecule has 1 aromatic carbocycles. The fraction of sp³-hybridized carbons (Fsp3) is 0.300. The van der Waals surface area contributed by atoms with Gasteiger partial charge in [0.25, 0.3) is 0 Å². The van der Waals surface area contributed by atoms with Crippen molar-refractivity contribution in [2.75, 3.05) is 13.1 Å². The molecule has 0 aliphatic carbocycles. The van der Waals surface area contributed by atoms with Crippen molar-refractivity contribution in [3.8, 4) is 0 Å². The minimum absolute atomic E-state index is 0.676. The summed E-state index contributed by atoms with van der Waals surface area (Å²) in [5.74, 6) is 0. The number of halogens is 1. The molecule has 3 nitrogen and oxygen atoms in total. The van der Waals surface area contributed by atoms with Gasteiger partial charge in [0.2, 0.25) is 0 Å². The summed E-state index contributed by atoms with van der Waals surface area (Å²) >= 11 is 5.74. The normalized spacial score (nSPS) is 16.4. The van der Waals surface area contributed by atoms with E-state index in [4.69, 9.17) is 0 Å². The standard InChI is InChI=1S/C20H20BrN3S/c21-19-11-16-13-22-8-4-15(16)12-20(19)25-18-5-9-24(10-6-18)14-17-3-1-2-7-23-17/h1-4,7-8,11-13,18H,5-6,9-10,14H2. The highest BCUT2D eigenvalue weighted by atomic mass is 79.9. The largest absolute Gasteiger partial charge is 0.297 e. The van der Waals surface area contributed by atoms with E-state index in [1.807, 2.05) is 36.4 Å². The molecule has 1 fully saturated rings. The van der Waals surface area contributed by atoms with Gasteiger partial charge in [0, 0.05) is 45.1 Å². The van der Waals surface area contributed by atoms with E-state index >= 15 is 0 Å². The fourth-order valence-electron chi connectivity index (χ4n) is 3.26. The molecule has 1 saturated heterocycles. The van der Waals surface area contributed by atoms with Gasteiger partial charge in [0.1, 0.15) is 0 Å². The SMILES string of the molecule is Brc1cc2cnccc2cc1SC1CCN(Cc2ccccn2)CC1. The second-order valence-electron chi connectivity index (χ2n) is 6.42. The number of thioether (sulfide) groups is 1. The van der Waals surface area contributed by atoms with Gasteiger partial charge in [-0.15, -0.1) is 11.8 Å². The number of aromatic nitrogens is 2. The maximum absolute atomic E-state index is 4.44. The third kappa shape index (κ3) is 4.22. The molecule has 0 unspecified atom stereocenters. The van der Waals surface area contributed by atoms with E-state index in [2.05, 4.69) is 61.1 Å². The first-order valence-electron chi connectivity index (χ1n) is 8.60. The molecule has 0 bridgehead atoms. The van der Waals surface area contributed by atoms with Crippen LogP contribution in [0, 0.1) is 0 Å². The maximum Gasteiger partial charge on any atom is 0.0543 e. The number of hydrogen-bond acceptors (Lipinski definition) is 4. The number of likely N-dealkylation sites (tertiary alicyclic amines) is 1. The summed E-state index contributed by atoms with van der Waals surface area (Å²) < 4.78 is 1.17. The maximum atomic E-state index is 4.44. The lowest BCUT2D eigenvalue weighted by Crippen LogP contribution is -2.34. The van der Waals surface area contributed by atoms with Gasteiger partial charge in [0.15, 0.2) is 0 Å². The Hall–Kier alpha value is -1.43. The van der Waals surface area contributed by atoms with Crippen molar-refractivity contribution in [3.63, 3.8) is 0 Å². The quantitative estimate of drug-likeness (QED) is 0.591. The third-order valence-corrected chi connectivity index (χ3v) is 6.95. The van der Waals surface area contributed by atoms with Crippen LogP contribution in [0.25, 0.3) is 10.8 Å². The van der Waals surface area contributed by atoms with Crippen molar-refractivity contribution in [2.45, 2.75) is 29.5 Å². The summed E-state index contributed by atoms with van der Waals surface area (Å²) in [7, 11) is 0. The van der Waals surface area contributed by atoms with E-state index in [9.17, 15) is 0 Å². The lowest BCUT2D eigenvalue weighted by molar-refractivity contribution is 0.222. The topological polar surface area (TPSA) is 29.0 Å². The van der Waals surface area contributed by atoms with Crippen LogP contribution in [-0.2, 0) is 6.54 Å². The molecular weight excluding hydrogens is 394 g/mol. The van der Waals surface area contributed by atoms with Gasteiger partial charge >= 0.3 is 0 Å². The van der Waals surface area contributed by atoms with E-state index in [1.54, 1.807) is 0 Å². The Kier molecular flexibility index (Phi) is 5.34. The fourth-order valence-corrected chi connectivity index (χ4v) is 5.08. The zero-order valence-corrected chi connectivity index (χ0v) is 16.3. The van der Waals surface area contributed by atoms with Gasteiger partial charge < -0.3 is 0 Å². The van der Waals surface area contributed by atoms with Crippen LogP contribution in [-0.4, -0.2) is 33.2 Å². The van der Waals surface area contributed by atoms with Crippen LogP contribution in [0.2, 0.25) is 0 Å². The second kappa shape index (κ2) is 7.85. The Balaban J connectivity index is 1.38. The zero-order valence-electron chi connectivity index (χ0n) is 13.9. The van der Waals surface area contributed by atoms with Gasteiger partial charge in [-0.1, -0.05) is 6.07 Å². The Bertz CT molecular complexity index is 848. The minimum Gasteiger partial charge on any atom is -0.297 e. The van der Waals surface area contributed by atoms with Crippen molar-refractivity contribution in [3.05, 3.63) is 65.2 Å². The van der Waals surface area contributed by atoms with E-state index in [0.29, 0.717) is 5.25 Å². The first-order valence-corrected chi connectivity index (χ1v) is 10.3. The first-order chi connectivity index (χ1) is 12.3. The van der Waals surface area contributed by atoms with Crippen molar-refractivity contribution < 1.29 is 0 Å². The molecule has 3 heterocycles. The average molecular weight is 414 g/mol. The second-order valence-corrected chi connectivity index (χ2v) is 8.62. The molecular formula is C20H20BrN3S. The zero-order chi connectivity index (χ0) is 17.1. The third-order valence-electron chi connectivity index (χ3n) is 4.63. The van der Waals surface area contributed by atoms with Crippen molar-refractivity contribution in [1.29, 1.82) is 0 Å². The van der Waals surface area contributed by atoms with Gasteiger partial charge in [-0.3, -0.25) is 14.9 Å². The van der Waals surface area contributed by atoms with Crippen molar-refractivity contribution in [2.24, 2.45) is 0 Å². The predicted molar refractivity (Wildman–Crippen MR) is 108 cm³/mol. The van der Waals surface area contributed by atoms with E-state index < -0.39 is 0 Å². The average Bonchev–Trinajstić information content (AvgIpc) is 2.65. The molecule has 0 saturated carbocycles. The Morgan fingerprint density at radius 2 is 1.96 bits per heavy atom. The Labute approximate surface area is 161 Å². The van der Waals surface area contributed by atoms with E-state index in [0.717, 1.165) is 19.6 Å². The molecule has 0 radical (unpaired) electrons. The predicted octanol–water partition coefficient (Wildman–Crippen LogP) is 5.15. The monoisotopic (exact) mass is 413 g/mol. The number of nitrogens with zero attached hydrogens (tertiary/aromatic N) is 3. The molecule has 0 N–H and O–H groups in total. The number of benzene rings is 1. The summed E-state index contributed by atoms with van der Waals surface area (Å²) in [5, 5.41) is 3.12. The van der Waals surface area contributed by atoms with E-state index in [1.165, 1.54) is 38.7 Å². The molecule has 128 valence electrons. The lowest BCUT2D eigenvalue weighted by atomic mass is 10.1. The summed E-state index contributed by atoms with van der Waals surface area (Å²) in [6.45, 7) is 3.25. The van der Waals surface area contributed by atoms with Crippen LogP contribution in [0.15, 0.2) is 64.4 Å². The molecule has 2 aromatic heterocycles. The summed E-state index contributed by atoms with van der Waals surface area (Å²) in [4.78, 5) is 12.5. The van der Waals surface area contributed by atoms with E-state index in [-0.39, 0.29) is 0 Å². The molecule has 3 aromatic rings. The smallest absolute Gasteiger partial charge is 0.0543 e.